The van der Waals surface area contributed by atoms with Crippen LogP contribution in [0.3, 0.4) is 0 Å². The number of aromatic nitrogens is 2. The average Bonchev–Trinajstić information content (AvgIpc) is 2.98. The standard InChI is InChI=1S/C17H14IN3O2/c18-14-10-12(7-9-16-20-21-17(19)23-16)6-8-15(14)22-11-13-4-2-1-3-5-13/h1-10H,11H2,(H2,19,21)/b9-7+. The van der Waals surface area contributed by atoms with Crippen molar-refractivity contribution in [3.63, 3.8) is 0 Å². The maximum atomic E-state index is 5.85. The van der Waals surface area contributed by atoms with E-state index in [4.69, 9.17) is 14.9 Å². The van der Waals surface area contributed by atoms with Crippen LogP contribution in [0.15, 0.2) is 52.9 Å². The quantitative estimate of drug-likeness (QED) is 0.633. The van der Waals surface area contributed by atoms with Crippen LogP contribution < -0.4 is 10.5 Å². The second kappa shape index (κ2) is 7.28. The third kappa shape index (κ3) is 4.32. The fourth-order valence-electron chi connectivity index (χ4n) is 1.95. The van der Waals surface area contributed by atoms with E-state index in [0.717, 1.165) is 20.4 Å². The van der Waals surface area contributed by atoms with E-state index in [1.54, 1.807) is 6.08 Å². The normalized spacial score (nSPS) is 11.0. The number of benzene rings is 2. The summed E-state index contributed by atoms with van der Waals surface area (Å²) in [6.45, 7) is 0.549. The van der Waals surface area contributed by atoms with Gasteiger partial charge in [-0.1, -0.05) is 41.5 Å². The third-order valence-corrected chi connectivity index (χ3v) is 3.91. The largest absolute Gasteiger partial charge is 0.488 e. The summed E-state index contributed by atoms with van der Waals surface area (Å²) in [5.74, 6) is 1.23. The minimum absolute atomic E-state index is 0.0592. The van der Waals surface area contributed by atoms with Gasteiger partial charge in [-0.2, -0.15) is 0 Å². The summed E-state index contributed by atoms with van der Waals surface area (Å²) in [7, 11) is 0. The van der Waals surface area contributed by atoms with Gasteiger partial charge >= 0.3 is 6.01 Å². The highest BCUT2D eigenvalue weighted by atomic mass is 127. The maximum absolute atomic E-state index is 5.85. The van der Waals surface area contributed by atoms with Crippen LogP contribution in [0.5, 0.6) is 5.75 Å². The molecule has 3 aromatic rings. The van der Waals surface area contributed by atoms with Crippen molar-refractivity contribution in [3.8, 4) is 5.75 Å². The molecule has 0 saturated carbocycles. The van der Waals surface area contributed by atoms with Gasteiger partial charge in [0.2, 0.25) is 5.89 Å². The molecule has 0 saturated heterocycles. The highest BCUT2D eigenvalue weighted by molar-refractivity contribution is 14.1. The minimum atomic E-state index is 0.0592. The van der Waals surface area contributed by atoms with Crippen molar-refractivity contribution in [1.82, 2.24) is 10.2 Å². The van der Waals surface area contributed by atoms with Gasteiger partial charge in [-0.3, -0.25) is 0 Å². The monoisotopic (exact) mass is 419 g/mol. The Hall–Kier alpha value is -2.35. The van der Waals surface area contributed by atoms with Crippen molar-refractivity contribution in [1.29, 1.82) is 0 Å². The molecule has 0 spiro atoms. The van der Waals surface area contributed by atoms with Gasteiger partial charge in [-0.05, 0) is 51.9 Å². The molecule has 0 unspecified atom stereocenters. The van der Waals surface area contributed by atoms with Crippen molar-refractivity contribution in [2.45, 2.75) is 6.61 Å². The number of halogens is 1. The van der Waals surface area contributed by atoms with Crippen LogP contribution in [0.1, 0.15) is 17.0 Å². The molecule has 1 heterocycles. The van der Waals surface area contributed by atoms with E-state index in [2.05, 4.69) is 32.8 Å². The second-order valence-corrected chi connectivity index (χ2v) is 5.94. The van der Waals surface area contributed by atoms with Gasteiger partial charge in [0.1, 0.15) is 12.4 Å². The predicted molar refractivity (Wildman–Crippen MR) is 97.6 cm³/mol. The van der Waals surface area contributed by atoms with Crippen molar-refractivity contribution in [3.05, 3.63) is 69.1 Å². The number of nitrogens with zero attached hydrogens (tertiary/aromatic N) is 2. The van der Waals surface area contributed by atoms with Crippen LogP contribution >= 0.6 is 22.6 Å². The fourth-order valence-corrected chi connectivity index (χ4v) is 2.65. The lowest BCUT2D eigenvalue weighted by Gasteiger charge is -2.09. The number of nitrogen functional groups attached to an aromatic ring is 1. The smallest absolute Gasteiger partial charge is 0.313 e. The summed E-state index contributed by atoms with van der Waals surface area (Å²) in [4.78, 5) is 0. The summed E-state index contributed by atoms with van der Waals surface area (Å²) in [6.07, 6.45) is 3.61. The Bertz CT molecular complexity index is 816. The second-order valence-electron chi connectivity index (χ2n) is 4.78. The first-order valence-electron chi connectivity index (χ1n) is 6.94. The molecule has 23 heavy (non-hydrogen) atoms. The van der Waals surface area contributed by atoms with E-state index in [1.165, 1.54) is 0 Å². The molecule has 2 aromatic carbocycles. The van der Waals surface area contributed by atoms with Crippen LogP contribution in [0, 0.1) is 3.57 Å². The Kier molecular flexibility index (Phi) is 4.92. The predicted octanol–water partition coefficient (Wildman–Crippen LogP) is 4.01. The first-order chi connectivity index (χ1) is 11.2. The molecule has 0 atom stereocenters. The lowest BCUT2D eigenvalue weighted by atomic mass is 10.2. The molecule has 3 rings (SSSR count). The number of nitrogens with two attached hydrogens (primary N) is 1. The molecule has 116 valence electrons. The first-order valence-corrected chi connectivity index (χ1v) is 8.02. The van der Waals surface area contributed by atoms with Gasteiger partial charge in [-0.15, -0.1) is 5.10 Å². The molecule has 6 heteroatoms. The van der Waals surface area contributed by atoms with Crippen LogP contribution in [0.2, 0.25) is 0 Å². The van der Waals surface area contributed by atoms with Gasteiger partial charge in [0, 0.05) is 6.08 Å². The number of rotatable bonds is 5. The van der Waals surface area contributed by atoms with E-state index >= 15 is 0 Å². The number of anilines is 1. The van der Waals surface area contributed by atoms with Gasteiger partial charge in [0.25, 0.3) is 0 Å². The van der Waals surface area contributed by atoms with Crippen LogP contribution in [-0.4, -0.2) is 10.2 Å². The van der Waals surface area contributed by atoms with Crippen molar-refractivity contribution in [2.24, 2.45) is 0 Å². The van der Waals surface area contributed by atoms with Crippen molar-refractivity contribution < 1.29 is 9.15 Å². The summed E-state index contributed by atoms with van der Waals surface area (Å²) >= 11 is 2.26. The molecule has 0 aliphatic carbocycles. The SMILES string of the molecule is Nc1nnc(/C=C/c2ccc(OCc3ccccc3)c(I)c2)o1. The van der Waals surface area contributed by atoms with Crippen LogP contribution in [0.4, 0.5) is 6.01 Å². The van der Waals surface area contributed by atoms with E-state index in [0.29, 0.717) is 12.5 Å². The lowest BCUT2D eigenvalue weighted by molar-refractivity contribution is 0.304. The number of ether oxygens (including phenoxy) is 1. The van der Waals surface area contributed by atoms with E-state index in [9.17, 15) is 0 Å². The highest BCUT2D eigenvalue weighted by Crippen LogP contribution is 2.24. The summed E-state index contributed by atoms with van der Waals surface area (Å²) in [5, 5.41) is 7.38. The highest BCUT2D eigenvalue weighted by Gasteiger charge is 2.03. The van der Waals surface area contributed by atoms with Gasteiger partial charge in [-0.25, -0.2) is 0 Å². The molecule has 1 aromatic heterocycles. The molecule has 5 nitrogen and oxygen atoms in total. The minimum Gasteiger partial charge on any atom is -0.488 e. The van der Waals surface area contributed by atoms with Gasteiger partial charge < -0.3 is 14.9 Å². The zero-order valence-corrected chi connectivity index (χ0v) is 14.3. The topological polar surface area (TPSA) is 74.2 Å². The molecule has 0 amide bonds. The fraction of sp³-hybridized carbons (Fsp3) is 0.0588. The molecule has 0 aliphatic heterocycles. The summed E-state index contributed by atoms with van der Waals surface area (Å²) < 4.78 is 12.0. The zero-order chi connectivity index (χ0) is 16.1. The molecule has 0 fully saturated rings. The maximum Gasteiger partial charge on any atom is 0.313 e. The molecule has 0 bridgehead atoms. The van der Waals surface area contributed by atoms with Crippen LogP contribution in [0.25, 0.3) is 12.2 Å². The molecule has 0 radical (unpaired) electrons. The molecule has 2 N–H and O–H groups in total. The number of hydrogen-bond acceptors (Lipinski definition) is 5. The van der Waals surface area contributed by atoms with Crippen molar-refractivity contribution >= 4 is 40.8 Å². The summed E-state index contributed by atoms with van der Waals surface area (Å²) in [6, 6.07) is 16.1. The molecule has 0 aliphatic rings. The van der Waals surface area contributed by atoms with Gasteiger partial charge in [0.15, 0.2) is 0 Å². The molecular formula is C17H14IN3O2. The summed E-state index contributed by atoms with van der Waals surface area (Å²) in [5.41, 5.74) is 7.53. The van der Waals surface area contributed by atoms with Gasteiger partial charge in [0.05, 0.1) is 3.57 Å². The first kappa shape index (κ1) is 15.5. The molecular weight excluding hydrogens is 405 g/mol. The van der Waals surface area contributed by atoms with Crippen LogP contribution in [-0.2, 0) is 6.61 Å². The van der Waals surface area contributed by atoms with E-state index in [1.807, 2.05) is 54.6 Å². The Morgan fingerprint density at radius 1 is 1.09 bits per heavy atom. The number of hydrogen-bond donors (Lipinski definition) is 1. The van der Waals surface area contributed by atoms with E-state index in [-0.39, 0.29) is 6.01 Å². The van der Waals surface area contributed by atoms with E-state index < -0.39 is 0 Å². The Morgan fingerprint density at radius 2 is 1.91 bits per heavy atom. The lowest BCUT2D eigenvalue weighted by Crippen LogP contribution is -1.96. The Balaban J connectivity index is 1.67. The Morgan fingerprint density at radius 3 is 2.61 bits per heavy atom. The third-order valence-electron chi connectivity index (χ3n) is 3.07. The Labute approximate surface area is 147 Å². The zero-order valence-electron chi connectivity index (χ0n) is 12.1. The van der Waals surface area contributed by atoms with Crippen molar-refractivity contribution in [2.75, 3.05) is 5.73 Å². The average molecular weight is 419 g/mol.